The van der Waals surface area contributed by atoms with Gasteiger partial charge in [0.05, 0.1) is 19.8 Å². The van der Waals surface area contributed by atoms with Crippen molar-refractivity contribution < 1.29 is 24.2 Å². The van der Waals surface area contributed by atoms with Gasteiger partial charge in [0.2, 0.25) is 0 Å². The molecule has 0 amide bonds. The minimum atomic E-state index is -0.0544. The van der Waals surface area contributed by atoms with E-state index in [1.54, 1.807) is 0 Å². The second-order valence-corrected chi connectivity index (χ2v) is 21.1. The summed E-state index contributed by atoms with van der Waals surface area (Å²) in [5, 5.41) is 9.70. The number of carbonyl (C=O) groups excluding carboxylic acids is 2. The molecule has 1 aliphatic carbocycles. The average Bonchev–Trinajstić information content (AvgIpc) is 3.25. The van der Waals surface area contributed by atoms with Crippen molar-refractivity contribution in [1.29, 1.82) is 0 Å². The lowest BCUT2D eigenvalue weighted by atomic mass is 9.91. The molecule has 0 unspecified atom stereocenters. The van der Waals surface area contributed by atoms with E-state index in [1.807, 2.05) is 0 Å². The fourth-order valence-corrected chi connectivity index (χ4v) is 9.97. The van der Waals surface area contributed by atoms with Crippen LogP contribution in [0.4, 0.5) is 0 Å². The number of carbonyl (C=O) groups is 2. The molecule has 0 atom stereocenters. The van der Waals surface area contributed by atoms with Crippen molar-refractivity contribution >= 4 is 11.9 Å². The van der Waals surface area contributed by atoms with E-state index in [0.29, 0.717) is 49.9 Å². The molecule has 1 fully saturated rings. The Kier molecular flexibility index (Phi) is 42.1. The maximum Gasteiger partial charge on any atom is 0.306 e. The van der Waals surface area contributed by atoms with Gasteiger partial charge in [0.15, 0.2) is 0 Å². The van der Waals surface area contributed by atoms with E-state index < -0.39 is 0 Å². The van der Waals surface area contributed by atoms with Crippen LogP contribution in [0.1, 0.15) is 273 Å². The summed E-state index contributed by atoms with van der Waals surface area (Å²) in [4.78, 5) is 32.3. The van der Waals surface area contributed by atoms with Crippen LogP contribution in [-0.2, 0) is 19.1 Å². The number of hydrogen-bond acceptors (Lipinski definition) is 7. The van der Waals surface area contributed by atoms with E-state index in [1.165, 1.54) is 173 Å². The third kappa shape index (κ3) is 35.9. The molecule has 7 nitrogen and oxygen atoms in total. The van der Waals surface area contributed by atoms with Gasteiger partial charge >= 0.3 is 11.9 Å². The van der Waals surface area contributed by atoms with Crippen molar-refractivity contribution in [1.82, 2.24) is 9.80 Å². The normalized spacial score (nSPS) is 13.4. The molecular formula is C57H112N2O5. The molecule has 64 heavy (non-hydrogen) atoms. The fraction of sp³-hybridized carbons (Fsp3) is 0.965. The Labute approximate surface area is 399 Å². The zero-order valence-electron chi connectivity index (χ0n) is 44.0. The second-order valence-electron chi connectivity index (χ2n) is 21.1. The molecule has 0 bridgehead atoms. The van der Waals surface area contributed by atoms with Gasteiger partial charge in [-0.25, -0.2) is 0 Å². The van der Waals surface area contributed by atoms with Crippen LogP contribution < -0.4 is 0 Å². The molecule has 0 aliphatic heterocycles. The minimum absolute atomic E-state index is 0.0299. The van der Waals surface area contributed by atoms with Crippen molar-refractivity contribution in [2.75, 3.05) is 52.5 Å². The monoisotopic (exact) mass is 905 g/mol. The number of aliphatic hydroxyl groups excluding tert-OH is 1. The fourth-order valence-electron chi connectivity index (χ4n) is 9.97. The van der Waals surface area contributed by atoms with Gasteiger partial charge < -0.3 is 14.6 Å². The summed E-state index contributed by atoms with van der Waals surface area (Å²) in [5.74, 6) is 1.32. The Morgan fingerprint density at radius 1 is 0.484 bits per heavy atom. The number of nitrogens with zero attached hydrogens (tertiary/aromatic N) is 2. The maximum absolute atomic E-state index is 13.6. The summed E-state index contributed by atoms with van der Waals surface area (Å²) in [6.07, 6.45) is 43.3. The van der Waals surface area contributed by atoms with Crippen molar-refractivity contribution in [3.05, 3.63) is 0 Å². The third-order valence-electron chi connectivity index (χ3n) is 14.4. The Bertz CT molecular complexity index is 934. The molecule has 0 aromatic heterocycles. The van der Waals surface area contributed by atoms with Crippen molar-refractivity contribution in [3.8, 4) is 0 Å². The van der Waals surface area contributed by atoms with E-state index in [-0.39, 0.29) is 24.5 Å². The van der Waals surface area contributed by atoms with Crippen LogP contribution in [0.5, 0.6) is 0 Å². The van der Waals surface area contributed by atoms with Gasteiger partial charge in [-0.2, -0.15) is 0 Å². The highest BCUT2D eigenvalue weighted by Crippen LogP contribution is 2.27. The number of unbranched alkanes of at least 4 members (excludes halogenated alkanes) is 21. The van der Waals surface area contributed by atoms with Crippen LogP contribution in [-0.4, -0.2) is 85.4 Å². The van der Waals surface area contributed by atoms with E-state index in [4.69, 9.17) is 9.47 Å². The summed E-state index contributed by atoms with van der Waals surface area (Å²) < 4.78 is 12.3. The zero-order chi connectivity index (χ0) is 46.7. The number of hydrogen-bond donors (Lipinski definition) is 1. The highest BCUT2D eigenvalue weighted by Gasteiger charge is 2.26. The summed E-state index contributed by atoms with van der Waals surface area (Å²) in [6.45, 7) is 19.4. The first kappa shape index (κ1) is 60.8. The number of aliphatic hydroxyl groups is 1. The highest BCUT2D eigenvalue weighted by molar-refractivity contribution is 5.70. The molecule has 1 rings (SSSR count). The van der Waals surface area contributed by atoms with Gasteiger partial charge in [-0.3, -0.25) is 19.4 Å². The van der Waals surface area contributed by atoms with Gasteiger partial charge in [0.25, 0.3) is 0 Å². The van der Waals surface area contributed by atoms with Crippen LogP contribution in [0.15, 0.2) is 0 Å². The van der Waals surface area contributed by atoms with Crippen LogP contribution in [0, 0.1) is 23.7 Å². The molecule has 1 aliphatic rings. The van der Waals surface area contributed by atoms with Crippen molar-refractivity contribution in [3.63, 3.8) is 0 Å². The van der Waals surface area contributed by atoms with Crippen LogP contribution in [0.2, 0.25) is 0 Å². The van der Waals surface area contributed by atoms with E-state index in [9.17, 15) is 14.7 Å². The van der Waals surface area contributed by atoms with E-state index >= 15 is 0 Å². The number of rotatable bonds is 49. The molecule has 0 saturated heterocycles. The number of esters is 2. The molecule has 0 aromatic rings. The topological polar surface area (TPSA) is 79.3 Å². The molecule has 0 spiro atoms. The predicted molar refractivity (Wildman–Crippen MR) is 275 cm³/mol. The lowest BCUT2D eigenvalue weighted by Crippen LogP contribution is -2.45. The molecule has 0 radical (unpaired) electrons. The Hall–Kier alpha value is -1.18. The second kappa shape index (κ2) is 44.3. The summed E-state index contributed by atoms with van der Waals surface area (Å²) in [5.41, 5.74) is 0. The largest absolute Gasteiger partial charge is 0.465 e. The van der Waals surface area contributed by atoms with Gasteiger partial charge in [-0.1, -0.05) is 208 Å². The Morgan fingerprint density at radius 2 is 0.859 bits per heavy atom. The Morgan fingerprint density at radius 3 is 1.22 bits per heavy atom. The molecule has 380 valence electrons. The van der Waals surface area contributed by atoms with Crippen LogP contribution >= 0.6 is 0 Å². The zero-order valence-corrected chi connectivity index (χ0v) is 44.0. The quantitative estimate of drug-likeness (QED) is 0.0481. The third-order valence-corrected chi connectivity index (χ3v) is 14.4. The van der Waals surface area contributed by atoms with Gasteiger partial charge in [0.1, 0.15) is 0 Å². The van der Waals surface area contributed by atoms with Gasteiger partial charge in [0, 0.05) is 51.0 Å². The SMILES string of the molecule is CCCCCCCCC(CCCCCCCC)CC(=O)OCC(CCCCN(CCN(CCO)CC(C)C)C1CCC1)COC(=O)CC(CCCCCCCC)CCCCCCCC. The molecule has 7 heteroatoms. The first-order valence-corrected chi connectivity index (χ1v) is 28.6. The minimum Gasteiger partial charge on any atom is -0.465 e. The van der Waals surface area contributed by atoms with E-state index in [0.717, 1.165) is 77.7 Å². The molecular weight excluding hydrogens is 793 g/mol. The van der Waals surface area contributed by atoms with Crippen LogP contribution in [0.3, 0.4) is 0 Å². The van der Waals surface area contributed by atoms with E-state index in [2.05, 4.69) is 51.3 Å². The summed E-state index contributed by atoms with van der Waals surface area (Å²) in [7, 11) is 0. The predicted octanol–water partition coefficient (Wildman–Crippen LogP) is 15.7. The lowest BCUT2D eigenvalue weighted by molar-refractivity contribution is -0.150. The standard InChI is InChI=1S/C57H112N2O5/c1-7-11-15-19-23-27-34-52(35-28-24-20-16-12-8-2)46-56(61)63-49-54(38-31-32-41-59(55-39-33-40-55)43-42-58(44-45-60)48-51(5)6)50-64-57(62)47-53(36-29-25-21-17-13-9-3)37-30-26-22-18-14-10-4/h51-55,60H,7-50H2,1-6H3. The van der Waals surface area contributed by atoms with Gasteiger partial charge in [-0.05, 0) is 75.7 Å². The molecule has 1 N–H and O–H groups in total. The van der Waals surface area contributed by atoms with Crippen molar-refractivity contribution in [2.24, 2.45) is 23.7 Å². The smallest absolute Gasteiger partial charge is 0.306 e. The summed E-state index contributed by atoms with van der Waals surface area (Å²) in [6, 6.07) is 0.675. The summed E-state index contributed by atoms with van der Waals surface area (Å²) >= 11 is 0. The lowest BCUT2D eigenvalue weighted by Gasteiger charge is -2.39. The molecule has 0 aromatic carbocycles. The average molecular weight is 906 g/mol. The first-order valence-electron chi connectivity index (χ1n) is 28.6. The Balaban J connectivity index is 2.93. The molecule has 1 saturated carbocycles. The maximum atomic E-state index is 13.6. The van der Waals surface area contributed by atoms with Crippen LogP contribution in [0.25, 0.3) is 0 Å². The number of ether oxygens (including phenoxy) is 2. The van der Waals surface area contributed by atoms with Crippen molar-refractivity contribution in [2.45, 2.75) is 279 Å². The highest BCUT2D eigenvalue weighted by atomic mass is 16.5. The van der Waals surface area contributed by atoms with Gasteiger partial charge in [-0.15, -0.1) is 0 Å². The first-order chi connectivity index (χ1) is 31.3. The molecule has 0 heterocycles.